The second-order valence-electron chi connectivity index (χ2n) is 13.8. The van der Waals surface area contributed by atoms with Crippen LogP contribution in [0, 0.1) is 11.8 Å². The molecule has 0 spiro atoms. The number of fused-ring (bicyclic) bond motifs is 2. The van der Waals surface area contributed by atoms with Gasteiger partial charge in [0.25, 0.3) is 0 Å². The summed E-state index contributed by atoms with van der Waals surface area (Å²) in [6.45, 7) is 0.806. The largest absolute Gasteiger partial charge is 0.508 e. The summed E-state index contributed by atoms with van der Waals surface area (Å²) in [4.78, 5) is 0. The number of hydrogen-bond donors (Lipinski definition) is 3. The van der Waals surface area contributed by atoms with Gasteiger partial charge in [0.2, 0.25) is 0 Å². The molecule has 2 saturated carbocycles. The summed E-state index contributed by atoms with van der Waals surface area (Å²) in [5.41, 5.74) is 3.19. The van der Waals surface area contributed by atoms with Gasteiger partial charge in [0, 0.05) is 48.7 Å². The van der Waals surface area contributed by atoms with Crippen LogP contribution < -0.4 is 18.9 Å². The topological polar surface area (TPSA) is 107 Å². The summed E-state index contributed by atoms with van der Waals surface area (Å²) < 4.78 is 31.3. The van der Waals surface area contributed by atoms with E-state index in [9.17, 15) is 15.3 Å². The van der Waals surface area contributed by atoms with Gasteiger partial charge in [-0.25, -0.2) is 0 Å². The first-order chi connectivity index (χ1) is 23.0. The molecule has 4 aliphatic rings. The molecule has 0 radical (unpaired) electrons. The maximum Gasteiger partial charge on any atom is 0.128 e. The van der Waals surface area contributed by atoms with Gasteiger partial charge in [-0.3, -0.25) is 0 Å². The van der Waals surface area contributed by atoms with E-state index in [1.165, 1.54) is 12.8 Å². The summed E-state index contributed by atoms with van der Waals surface area (Å²) in [6, 6.07) is 16.9. The lowest BCUT2D eigenvalue weighted by molar-refractivity contribution is -0.0890. The minimum Gasteiger partial charge on any atom is -0.508 e. The zero-order chi connectivity index (χ0) is 32.3. The molecule has 3 N–H and O–H groups in total. The van der Waals surface area contributed by atoms with E-state index in [1.807, 2.05) is 42.5 Å². The number of ether oxygens (including phenoxy) is 5. The Hall–Kier alpha value is -3.46. The zero-order valence-corrected chi connectivity index (χ0v) is 27.3. The summed E-state index contributed by atoms with van der Waals surface area (Å²) >= 11 is 0. The predicted molar refractivity (Wildman–Crippen MR) is 177 cm³/mol. The van der Waals surface area contributed by atoms with Crippen LogP contribution in [0.1, 0.15) is 98.7 Å². The summed E-state index contributed by atoms with van der Waals surface area (Å²) in [7, 11) is 1.69. The monoisotopic (exact) mass is 644 g/mol. The van der Waals surface area contributed by atoms with Crippen molar-refractivity contribution in [3.05, 3.63) is 76.9 Å². The molecule has 47 heavy (non-hydrogen) atoms. The highest BCUT2D eigenvalue weighted by atomic mass is 16.5. The molecule has 0 aromatic heterocycles. The zero-order valence-electron chi connectivity index (χ0n) is 27.3. The van der Waals surface area contributed by atoms with Crippen LogP contribution >= 0.6 is 0 Å². The Balaban J connectivity index is 1.21. The molecular weight excluding hydrogens is 596 g/mol. The van der Waals surface area contributed by atoms with Crippen molar-refractivity contribution in [3.8, 4) is 28.7 Å². The minimum absolute atomic E-state index is 0.148. The first-order valence-corrected chi connectivity index (χ1v) is 17.5. The number of aliphatic hydroxyl groups excluding tert-OH is 2. The Bertz CT molecular complexity index is 1510. The van der Waals surface area contributed by atoms with Crippen LogP contribution in [0.5, 0.6) is 28.7 Å². The predicted octanol–water partition coefficient (Wildman–Crippen LogP) is 7.21. The highest BCUT2D eigenvalue weighted by Crippen LogP contribution is 2.51. The average Bonchev–Trinajstić information content (AvgIpc) is 3.78. The number of hydrogen-bond acceptors (Lipinski definition) is 8. The SMILES string of the molecule is COCCC[C@@H]1Oc2ccc(OC3CCCC3)cc2[C@H](O)[C@@H]1[C@@H]1COc2c(Cc3cccc(O)c3)cc(OC3CCCC3)cc2[C@H]1O. The van der Waals surface area contributed by atoms with Gasteiger partial charge in [-0.2, -0.15) is 0 Å². The van der Waals surface area contributed by atoms with Gasteiger partial charge in [-0.1, -0.05) is 12.1 Å². The first-order valence-electron chi connectivity index (χ1n) is 17.5. The molecule has 3 aromatic carbocycles. The Kier molecular flexibility index (Phi) is 9.80. The number of aromatic hydroxyl groups is 1. The summed E-state index contributed by atoms with van der Waals surface area (Å²) in [5.74, 6) is 2.09. The maximum atomic E-state index is 12.2. The third-order valence-corrected chi connectivity index (χ3v) is 10.5. The van der Waals surface area contributed by atoms with Crippen LogP contribution in [0.15, 0.2) is 54.6 Å². The van der Waals surface area contributed by atoms with Crippen LogP contribution in [0.25, 0.3) is 0 Å². The molecule has 5 atom stereocenters. The third kappa shape index (κ3) is 7.06. The van der Waals surface area contributed by atoms with E-state index in [2.05, 4.69) is 0 Å². The van der Waals surface area contributed by atoms with Gasteiger partial charge in [-0.15, -0.1) is 0 Å². The lowest BCUT2D eigenvalue weighted by Crippen LogP contribution is -2.46. The van der Waals surface area contributed by atoms with Crippen LogP contribution in [-0.2, 0) is 11.2 Å². The number of aliphatic hydroxyl groups is 2. The standard InChI is InChI=1S/C39H48O8/c1-43-17-7-14-35-36(38(42)31-21-29(15-16-34(31)47-35)45-27-10-2-3-11-27)33-23-44-39-25(18-24-8-6-9-26(40)19-24)20-30(22-32(39)37(33)41)46-28-12-4-5-13-28/h6,8-9,15-16,19-22,27-28,33,35-38,40-42H,2-5,7,10-14,17-18,23H2,1H3/t33-,35-,36+,37+,38-/m0/s1. The number of phenols is 1. The Labute approximate surface area is 277 Å². The smallest absolute Gasteiger partial charge is 0.128 e. The minimum atomic E-state index is -0.915. The van der Waals surface area contributed by atoms with Crippen LogP contribution in [0.4, 0.5) is 0 Å². The van der Waals surface area contributed by atoms with Gasteiger partial charge in [0.05, 0.1) is 31.0 Å². The molecule has 2 aliphatic heterocycles. The Morgan fingerprint density at radius 2 is 1.53 bits per heavy atom. The lowest BCUT2D eigenvalue weighted by Gasteiger charge is -2.45. The van der Waals surface area contributed by atoms with E-state index in [-0.39, 0.29) is 30.7 Å². The Morgan fingerprint density at radius 1 is 0.809 bits per heavy atom. The molecule has 252 valence electrons. The van der Waals surface area contributed by atoms with Crippen molar-refractivity contribution in [3.63, 3.8) is 0 Å². The number of benzene rings is 3. The normalized spacial score (nSPS) is 25.9. The highest BCUT2D eigenvalue weighted by Gasteiger charge is 2.47. The van der Waals surface area contributed by atoms with E-state index >= 15 is 0 Å². The summed E-state index contributed by atoms with van der Waals surface area (Å²) in [5, 5.41) is 34.4. The van der Waals surface area contributed by atoms with Crippen molar-refractivity contribution < 1.29 is 39.0 Å². The van der Waals surface area contributed by atoms with E-state index in [1.54, 1.807) is 19.2 Å². The maximum absolute atomic E-state index is 12.2. The van der Waals surface area contributed by atoms with E-state index in [0.717, 1.165) is 61.8 Å². The molecule has 8 nitrogen and oxygen atoms in total. The quantitative estimate of drug-likeness (QED) is 0.188. The molecule has 0 saturated heterocycles. The van der Waals surface area contributed by atoms with Crippen molar-refractivity contribution in [2.24, 2.45) is 11.8 Å². The van der Waals surface area contributed by atoms with Gasteiger partial charge in [0.15, 0.2) is 0 Å². The average molecular weight is 645 g/mol. The molecular formula is C39H48O8. The molecule has 0 bridgehead atoms. The molecule has 8 heteroatoms. The van der Waals surface area contributed by atoms with E-state index < -0.39 is 24.0 Å². The molecule has 2 fully saturated rings. The second-order valence-corrected chi connectivity index (χ2v) is 13.8. The molecule has 0 amide bonds. The number of methoxy groups -OCH3 is 1. The number of rotatable bonds is 11. The van der Waals surface area contributed by atoms with E-state index in [4.69, 9.17) is 23.7 Å². The Morgan fingerprint density at radius 3 is 2.26 bits per heavy atom. The van der Waals surface area contributed by atoms with Crippen LogP contribution in [0.2, 0.25) is 0 Å². The fourth-order valence-corrected chi connectivity index (χ4v) is 8.17. The first kappa shape index (κ1) is 32.1. The fourth-order valence-electron chi connectivity index (χ4n) is 8.17. The van der Waals surface area contributed by atoms with Gasteiger partial charge in [-0.05, 0) is 112 Å². The van der Waals surface area contributed by atoms with Crippen molar-refractivity contribution >= 4 is 0 Å². The van der Waals surface area contributed by atoms with Gasteiger partial charge < -0.3 is 39.0 Å². The number of phenolic OH excluding ortho intramolecular Hbond substituents is 1. The van der Waals surface area contributed by atoms with Crippen LogP contribution in [-0.4, -0.2) is 54.0 Å². The van der Waals surface area contributed by atoms with Crippen molar-refractivity contribution in [1.82, 2.24) is 0 Å². The fraction of sp³-hybridized carbons (Fsp3) is 0.538. The summed E-state index contributed by atoms with van der Waals surface area (Å²) in [6.07, 6.45) is 8.93. The van der Waals surface area contributed by atoms with Crippen molar-refractivity contribution in [2.75, 3.05) is 20.3 Å². The highest BCUT2D eigenvalue weighted by molar-refractivity contribution is 5.52. The lowest BCUT2D eigenvalue weighted by atomic mass is 9.72. The molecule has 2 heterocycles. The molecule has 0 unspecified atom stereocenters. The molecule has 3 aromatic rings. The third-order valence-electron chi connectivity index (χ3n) is 10.5. The van der Waals surface area contributed by atoms with Gasteiger partial charge in [0.1, 0.15) is 34.9 Å². The van der Waals surface area contributed by atoms with Gasteiger partial charge >= 0.3 is 0 Å². The van der Waals surface area contributed by atoms with E-state index in [0.29, 0.717) is 47.8 Å². The van der Waals surface area contributed by atoms with Crippen LogP contribution in [0.3, 0.4) is 0 Å². The second kappa shape index (κ2) is 14.3. The molecule has 7 rings (SSSR count). The van der Waals surface area contributed by atoms with Crippen molar-refractivity contribution in [2.45, 2.75) is 101 Å². The van der Waals surface area contributed by atoms with Crippen molar-refractivity contribution in [1.29, 1.82) is 0 Å². The molecule has 2 aliphatic carbocycles.